The summed E-state index contributed by atoms with van der Waals surface area (Å²) in [6.07, 6.45) is 3.84. The van der Waals surface area contributed by atoms with Crippen LogP contribution in [0.1, 0.15) is 27.6 Å². The van der Waals surface area contributed by atoms with Gasteiger partial charge in [-0.15, -0.1) is 0 Å². The molecule has 0 aromatic carbocycles. The van der Waals surface area contributed by atoms with Crippen LogP contribution in [0.15, 0.2) is 24.5 Å². The number of aromatic nitrogens is 3. The van der Waals surface area contributed by atoms with Gasteiger partial charge in [-0.3, -0.25) is 9.78 Å². The number of hydrogen-bond donors (Lipinski definition) is 2. The van der Waals surface area contributed by atoms with Crippen LogP contribution < -0.4 is 5.73 Å². The lowest BCUT2D eigenvalue weighted by atomic mass is 10.1. The van der Waals surface area contributed by atoms with Gasteiger partial charge in [-0.1, -0.05) is 0 Å². The van der Waals surface area contributed by atoms with Crippen LogP contribution in [0.25, 0.3) is 0 Å². The van der Waals surface area contributed by atoms with Gasteiger partial charge in [0.05, 0.1) is 6.20 Å². The first-order chi connectivity index (χ1) is 7.65. The molecule has 0 bridgehead atoms. The summed E-state index contributed by atoms with van der Waals surface area (Å²) in [6, 6.07) is 3.89. The number of imidazole rings is 1. The number of aromatic amines is 1. The molecule has 0 saturated heterocycles. The maximum absolute atomic E-state index is 10.9. The topological polar surface area (TPSA) is 84.7 Å². The number of carbonyl (C=O) groups is 1. The van der Waals surface area contributed by atoms with Gasteiger partial charge in [0, 0.05) is 18.3 Å². The van der Waals surface area contributed by atoms with Gasteiger partial charge in [0.15, 0.2) is 0 Å². The summed E-state index contributed by atoms with van der Waals surface area (Å²) in [4.78, 5) is 21.9. The summed E-state index contributed by atoms with van der Waals surface area (Å²) >= 11 is 0. The van der Waals surface area contributed by atoms with Gasteiger partial charge in [0.1, 0.15) is 11.5 Å². The Morgan fingerprint density at radius 1 is 1.50 bits per heavy atom. The van der Waals surface area contributed by atoms with E-state index in [0.717, 1.165) is 17.1 Å². The van der Waals surface area contributed by atoms with Crippen molar-refractivity contribution < 1.29 is 4.79 Å². The summed E-state index contributed by atoms with van der Waals surface area (Å²) in [6.45, 7) is 1.93. The highest BCUT2D eigenvalue weighted by molar-refractivity contribution is 5.90. The molecule has 5 nitrogen and oxygen atoms in total. The van der Waals surface area contributed by atoms with Crippen molar-refractivity contribution in [3.63, 3.8) is 0 Å². The third-order valence-electron chi connectivity index (χ3n) is 2.23. The maximum atomic E-state index is 10.9. The lowest BCUT2D eigenvalue weighted by Crippen LogP contribution is -2.11. The molecule has 5 heteroatoms. The zero-order valence-electron chi connectivity index (χ0n) is 8.90. The lowest BCUT2D eigenvalue weighted by Gasteiger charge is -1.99. The molecule has 0 radical (unpaired) electrons. The smallest absolute Gasteiger partial charge is 0.266 e. The normalized spacial score (nSPS) is 10.3. The Hall–Kier alpha value is -2.17. The Labute approximate surface area is 92.7 Å². The highest BCUT2D eigenvalue weighted by Gasteiger charge is 2.06. The molecule has 0 saturated carbocycles. The van der Waals surface area contributed by atoms with Crippen LogP contribution in [0.5, 0.6) is 0 Å². The zero-order valence-corrected chi connectivity index (χ0v) is 8.90. The average Bonchev–Trinajstić information content (AvgIpc) is 2.66. The fourth-order valence-electron chi connectivity index (χ4n) is 1.49. The van der Waals surface area contributed by atoms with E-state index >= 15 is 0 Å². The predicted octanol–water partition coefficient (Wildman–Crippen LogP) is 0.803. The Bertz CT molecular complexity index is 518. The van der Waals surface area contributed by atoms with E-state index in [-0.39, 0.29) is 0 Å². The number of nitrogens with two attached hydrogens (primary N) is 1. The largest absolute Gasteiger partial charge is 0.364 e. The minimum atomic E-state index is -0.496. The van der Waals surface area contributed by atoms with Crippen molar-refractivity contribution in [3.05, 3.63) is 47.3 Å². The van der Waals surface area contributed by atoms with Crippen LogP contribution >= 0.6 is 0 Å². The van der Waals surface area contributed by atoms with Gasteiger partial charge in [0.25, 0.3) is 5.91 Å². The van der Waals surface area contributed by atoms with E-state index in [9.17, 15) is 4.79 Å². The van der Waals surface area contributed by atoms with E-state index in [0.29, 0.717) is 12.1 Å². The highest BCUT2D eigenvalue weighted by atomic mass is 16.1. The van der Waals surface area contributed by atoms with Crippen LogP contribution in [0.2, 0.25) is 0 Å². The molecule has 3 N–H and O–H groups in total. The minimum Gasteiger partial charge on any atom is -0.364 e. The highest BCUT2D eigenvalue weighted by Crippen LogP contribution is 2.07. The molecule has 0 atom stereocenters. The number of pyridine rings is 1. The Morgan fingerprint density at radius 2 is 2.31 bits per heavy atom. The number of amides is 1. The van der Waals surface area contributed by atoms with Crippen molar-refractivity contribution in [2.75, 3.05) is 0 Å². The fourth-order valence-corrected chi connectivity index (χ4v) is 1.49. The number of carbonyl (C=O) groups excluding carboxylic acids is 1. The van der Waals surface area contributed by atoms with E-state index in [4.69, 9.17) is 5.73 Å². The number of aryl methyl sites for hydroxylation is 1. The van der Waals surface area contributed by atoms with Crippen molar-refractivity contribution in [1.29, 1.82) is 0 Å². The van der Waals surface area contributed by atoms with E-state index < -0.39 is 5.91 Å². The van der Waals surface area contributed by atoms with Gasteiger partial charge in [-0.05, 0) is 24.6 Å². The van der Waals surface area contributed by atoms with E-state index in [2.05, 4.69) is 15.0 Å². The first-order valence-electron chi connectivity index (χ1n) is 4.90. The van der Waals surface area contributed by atoms with Crippen molar-refractivity contribution in [3.8, 4) is 0 Å². The molecule has 1 amide bonds. The third-order valence-corrected chi connectivity index (χ3v) is 2.23. The number of nitrogens with one attached hydrogen (secondary N) is 1. The molecule has 2 aromatic rings. The first kappa shape index (κ1) is 10.4. The zero-order chi connectivity index (χ0) is 11.5. The summed E-state index contributed by atoms with van der Waals surface area (Å²) in [7, 11) is 0. The quantitative estimate of drug-likeness (QED) is 0.795. The molecule has 0 unspecified atom stereocenters. The summed E-state index contributed by atoms with van der Waals surface area (Å²) in [5, 5.41) is 0. The van der Waals surface area contributed by atoms with Gasteiger partial charge in [-0.25, -0.2) is 4.98 Å². The number of hydrogen-bond acceptors (Lipinski definition) is 3. The Kier molecular flexibility index (Phi) is 2.68. The monoisotopic (exact) mass is 216 g/mol. The summed E-state index contributed by atoms with van der Waals surface area (Å²) < 4.78 is 0. The number of nitrogens with zero attached hydrogens (tertiary/aromatic N) is 2. The average molecular weight is 216 g/mol. The van der Waals surface area contributed by atoms with E-state index in [1.807, 2.05) is 19.1 Å². The van der Waals surface area contributed by atoms with Crippen LogP contribution in [0.4, 0.5) is 0 Å². The minimum absolute atomic E-state index is 0.334. The Morgan fingerprint density at radius 3 is 2.94 bits per heavy atom. The molecule has 82 valence electrons. The number of primary amides is 1. The molecule has 0 fully saturated rings. The molecule has 16 heavy (non-hydrogen) atoms. The first-order valence-corrected chi connectivity index (χ1v) is 4.90. The van der Waals surface area contributed by atoms with Gasteiger partial charge < -0.3 is 10.7 Å². The molecule has 2 heterocycles. The molecule has 0 aliphatic carbocycles. The van der Waals surface area contributed by atoms with Crippen molar-refractivity contribution in [1.82, 2.24) is 15.0 Å². The van der Waals surface area contributed by atoms with Gasteiger partial charge >= 0.3 is 0 Å². The second kappa shape index (κ2) is 4.14. The standard InChI is InChI=1S/C11H12N4O/c1-7-4-8(2-3-13-7)5-10-14-6-9(15-10)11(12)16/h2-4,6H,5H2,1H3,(H2,12,16)(H,14,15). The molecule has 0 aliphatic heterocycles. The van der Waals surface area contributed by atoms with Crippen LogP contribution in [0, 0.1) is 6.92 Å². The maximum Gasteiger partial charge on any atom is 0.266 e. The van der Waals surface area contributed by atoms with Crippen LogP contribution in [-0.2, 0) is 6.42 Å². The summed E-state index contributed by atoms with van der Waals surface area (Å²) in [5.74, 6) is 0.226. The molecule has 2 aromatic heterocycles. The number of H-pyrrole nitrogens is 1. The van der Waals surface area contributed by atoms with Crippen molar-refractivity contribution in [2.24, 2.45) is 5.73 Å². The predicted molar refractivity (Wildman–Crippen MR) is 58.9 cm³/mol. The molecular formula is C11H12N4O. The second-order valence-electron chi connectivity index (χ2n) is 3.59. The number of rotatable bonds is 3. The SMILES string of the molecule is Cc1cc(Cc2ncc(C(N)=O)[nH]2)ccn1. The van der Waals surface area contributed by atoms with Crippen LogP contribution in [-0.4, -0.2) is 20.9 Å². The van der Waals surface area contributed by atoms with Crippen molar-refractivity contribution >= 4 is 5.91 Å². The Balaban J connectivity index is 2.17. The molecule has 0 aliphatic rings. The van der Waals surface area contributed by atoms with Gasteiger partial charge in [-0.2, -0.15) is 0 Å². The van der Waals surface area contributed by atoms with E-state index in [1.165, 1.54) is 6.20 Å². The second-order valence-corrected chi connectivity index (χ2v) is 3.59. The fraction of sp³-hybridized carbons (Fsp3) is 0.182. The molecular weight excluding hydrogens is 204 g/mol. The summed E-state index contributed by atoms with van der Waals surface area (Å²) in [5.41, 5.74) is 7.51. The molecule has 2 rings (SSSR count). The van der Waals surface area contributed by atoms with Gasteiger partial charge in [0.2, 0.25) is 0 Å². The third kappa shape index (κ3) is 2.25. The van der Waals surface area contributed by atoms with E-state index in [1.54, 1.807) is 6.20 Å². The molecule has 0 spiro atoms. The lowest BCUT2D eigenvalue weighted by molar-refractivity contribution is 0.0996. The van der Waals surface area contributed by atoms with Crippen molar-refractivity contribution in [2.45, 2.75) is 13.3 Å². The van der Waals surface area contributed by atoms with Crippen LogP contribution in [0.3, 0.4) is 0 Å².